The summed E-state index contributed by atoms with van der Waals surface area (Å²) in [6.45, 7) is 14.0. The SMILES string of the molecule is CCOc1cc(C)ncc1-c1ncc(NC(=O)Nc2ccc(CC(C)(C)NC(=O)OC(C)(C)C)c(C(F)(F)F)c2)c(C)n1. The van der Waals surface area contributed by atoms with Gasteiger partial charge >= 0.3 is 18.3 Å². The average Bonchev–Trinajstić information content (AvgIpc) is 2.84. The number of urea groups is 1. The van der Waals surface area contributed by atoms with E-state index < -0.39 is 35.0 Å². The summed E-state index contributed by atoms with van der Waals surface area (Å²) in [5, 5.41) is 7.62. The molecule has 43 heavy (non-hydrogen) atoms. The van der Waals surface area contributed by atoms with Gasteiger partial charge in [-0.25, -0.2) is 19.6 Å². The summed E-state index contributed by atoms with van der Waals surface area (Å²) in [5.74, 6) is 0.912. The van der Waals surface area contributed by atoms with E-state index in [1.54, 1.807) is 53.8 Å². The van der Waals surface area contributed by atoms with Crippen LogP contribution >= 0.6 is 0 Å². The number of anilines is 2. The minimum Gasteiger partial charge on any atom is -0.493 e. The molecule has 232 valence electrons. The lowest BCUT2D eigenvalue weighted by molar-refractivity contribution is -0.138. The minimum atomic E-state index is -4.71. The fourth-order valence-electron chi connectivity index (χ4n) is 4.15. The quantitative estimate of drug-likeness (QED) is 0.252. The van der Waals surface area contributed by atoms with E-state index in [2.05, 4.69) is 30.9 Å². The van der Waals surface area contributed by atoms with Crippen LogP contribution < -0.4 is 20.7 Å². The molecule has 0 aliphatic carbocycles. The first-order valence-corrected chi connectivity index (χ1v) is 13.6. The van der Waals surface area contributed by atoms with Gasteiger partial charge in [0.05, 0.1) is 35.3 Å². The lowest BCUT2D eigenvalue weighted by atomic mass is 9.91. The van der Waals surface area contributed by atoms with Crippen LogP contribution in [0, 0.1) is 13.8 Å². The zero-order valence-electron chi connectivity index (χ0n) is 25.5. The number of rotatable bonds is 8. The van der Waals surface area contributed by atoms with Gasteiger partial charge in [0.1, 0.15) is 11.4 Å². The number of aromatic nitrogens is 3. The molecule has 2 heterocycles. The van der Waals surface area contributed by atoms with Crippen LogP contribution in [0.25, 0.3) is 11.4 Å². The van der Waals surface area contributed by atoms with E-state index >= 15 is 0 Å². The van der Waals surface area contributed by atoms with Gasteiger partial charge in [-0.2, -0.15) is 13.2 Å². The molecular weight excluding hydrogens is 565 g/mol. The molecule has 1 aromatic carbocycles. The number of aryl methyl sites for hydroxylation is 2. The van der Waals surface area contributed by atoms with Crippen LogP contribution in [0.15, 0.2) is 36.7 Å². The number of alkyl carbamates (subject to hydrolysis) is 1. The van der Waals surface area contributed by atoms with Gasteiger partial charge in [0.25, 0.3) is 0 Å². The van der Waals surface area contributed by atoms with Gasteiger partial charge in [0.2, 0.25) is 0 Å². The fourth-order valence-corrected chi connectivity index (χ4v) is 4.15. The molecule has 10 nitrogen and oxygen atoms in total. The van der Waals surface area contributed by atoms with Crippen molar-refractivity contribution in [3.63, 3.8) is 0 Å². The predicted molar refractivity (Wildman–Crippen MR) is 157 cm³/mol. The van der Waals surface area contributed by atoms with Crippen LogP contribution in [0.2, 0.25) is 0 Å². The highest BCUT2D eigenvalue weighted by Crippen LogP contribution is 2.35. The van der Waals surface area contributed by atoms with Gasteiger partial charge in [-0.1, -0.05) is 6.07 Å². The number of hydrogen-bond donors (Lipinski definition) is 3. The summed E-state index contributed by atoms with van der Waals surface area (Å²) < 4.78 is 53.0. The standard InChI is InChI=1S/C30H37F3N6O4/c1-9-42-24-12-17(2)34-15-21(24)25-35-16-23(18(3)36-25)38-26(40)37-20-11-10-19(22(13-20)30(31,32)33)14-29(7,8)39-27(41)43-28(4,5)6/h10-13,15-16H,9,14H2,1-8H3,(H,39,41)(H2,37,38,40). The van der Waals surface area contributed by atoms with Gasteiger partial charge in [-0.3, -0.25) is 4.98 Å². The molecule has 0 saturated heterocycles. The van der Waals surface area contributed by atoms with Crippen molar-refractivity contribution in [3.8, 4) is 17.1 Å². The number of nitrogens with one attached hydrogen (secondary N) is 3. The Morgan fingerprint density at radius 2 is 1.65 bits per heavy atom. The zero-order chi connectivity index (χ0) is 32.2. The molecule has 0 radical (unpaired) electrons. The Kier molecular flexibility index (Phi) is 9.88. The topological polar surface area (TPSA) is 127 Å². The molecule has 0 saturated carbocycles. The van der Waals surface area contributed by atoms with E-state index in [0.717, 1.165) is 11.8 Å². The summed E-state index contributed by atoms with van der Waals surface area (Å²) in [7, 11) is 0. The molecule has 0 aliphatic heterocycles. The number of alkyl halides is 3. The van der Waals surface area contributed by atoms with E-state index in [9.17, 15) is 22.8 Å². The smallest absolute Gasteiger partial charge is 0.416 e. The maximum Gasteiger partial charge on any atom is 0.416 e. The van der Waals surface area contributed by atoms with Gasteiger partial charge < -0.3 is 25.4 Å². The van der Waals surface area contributed by atoms with Gasteiger partial charge in [-0.15, -0.1) is 0 Å². The maximum atomic E-state index is 14.0. The van der Waals surface area contributed by atoms with E-state index in [4.69, 9.17) is 9.47 Å². The van der Waals surface area contributed by atoms with Crippen LogP contribution in [0.4, 0.5) is 34.1 Å². The van der Waals surface area contributed by atoms with E-state index in [0.29, 0.717) is 29.4 Å². The molecule has 3 rings (SSSR count). The van der Waals surface area contributed by atoms with Crippen molar-refractivity contribution < 1.29 is 32.2 Å². The highest BCUT2D eigenvalue weighted by atomic mass is 19.4. The van der Waals surface area contributed by atoms with Crippen LogP contribution in [0.5, 0.6) is 5.75 Å². The Bertz CT molecular complexity index is 1490. The van der Waals surface area contributed by atoms with Gasteiger partial charge in [-0.05, 0) is 79.5 Å². The van der Waals surface area contributed by atoms with Crippen LogP contribution in [0.3, 0.4) is 0 Å². The second-order valence-corrected chi connectivity index (χ2v) is 11.6. The van der Waals surface area contributed by atoms with Crippen molar-refractivity contribution in [2.75, 3.05) is 17.2 Å². The number of carbonyl (C=O) groups is 2. The van der Waals surface area contributed by atoms with E-state index in [-0.39, 0.29) is 23.4 Å². The summed E-state index contributed by atoms with van der Waals surface area (Å²) >= 11 is 0. The number of ether oxygens (including phenoxy) is 2. The highest BCUT2D eigenvalue weighted by molar-refractivity contribution is 6.00. The number of benzene rings is 1. The number of nitrogens with zero attached hydrogens (tertiary/aromatic N) is 3. The average molecular weight is 603 g/mol. The Morgan fingerprint density at radius 1 is 0.953 bits per heavy atom. The molecule has 0 atom stereocenters. The van der Waals surface area contributed by atoms with E-state index in [1.807, 2.05) is 13.8 Å². The normalized spacial score (nSPS) is 12.0. The van der Waals surface area contributed by atoms with E-state index in [1.165, 1.54) is 18.3 Å². The molecule has 0 spiro atoms. The molecule has 0 bridgehead atoms. The molecule has 3 N–H and O–H groups in total. The van der Waals surface area contributed by atoms with Crippen LogP contribution in [-0.2, 0) is 17.3 Å². The maximum absolute atomic E-state index is 14.0. The number of carbonyl (C=O) groups excluding carboxylic acids is 2. The Morgan fingerprint density at radius 3 is 2.26 bits per heavy atom. The summed E-state index contributed by atoms with van der Waals surface area (Å²) in [6, 6.07) is 4.48. The second kappa shape index (κ2) is 12.8. The third-order valence-electron chi connectivity index (χ3n) is 5.92. The fraction of sp³-hybridized carbons (Fsp3) is 0.433. The molecule has 13 heteroatoms. The molecule has 3 amide bonds. The lowest BCUT2D eigenvalue weighted by Gasteiger charge is -2.29. The Balaban J connectivity index is 1.76. The van der Waals surface area contributed by atoms with Crippen molar-refractivity contribution in [3.05, 3.63) is 59.2 Å². The first-order chi connectivity index (χ1) is 19.9. The summed E-state index contributed by atoms with van der Waals surface area (Å²) in [5.41, 5.74) is -0.858. The molecule has 0 unspecified atom stereocenters. The highest BCUT2D eigenvalue weighted by Gasteiger charge is 2.36. The monoisotopic (exact) mass is 602 g/mol. The van der Waals surface area contributed by atoms with Crippen LogP contribution in [-0.4, -0.2) is 44.8 Å². The van der Waals surface area contributed by atoms with Crippen molar-refractivity contribution in [2.45, 2.75) is 79.1 Å². The van der Waals surface area contributed by atoms with Crippen molar-refractivity contribution in [2.24, 2.45) is 0 Å². The molecule has 3 aromatic rings. The lowest BCUT2D eigenvalue weighted by Crippen LogP contribution is -2.47. The van der Waals surface area contributed by atoms with Crippen molar-refractivity contribution in [1.29, 1.82) is 0 Å². The number of hydrogen-bond acceptors (Lipinski definition) is 7. The number of halogens is 3. The van der Waals surface area contributed by atoms with Crippen molar-refractivity contribution in [1.82, 2.24) is 20.3 Å². The van der Waals surface area contributed by atoms with Crippen LogP contribution in [0.1, 0.15) is 64.1 Å². The summed E-state index contributed by atoms with van der Waals surface area (Å²) in [4.78, 5) is 38.0. The third kappa shape index (κ3) is 9.55. The number of pyridine rings is 1. The Labute approximate surface area is 248 Å². The molecule has 0 fully saturated rings. The zero-order valence-corrected chi connectivity index (χ0v) is 25.5. The molecule has 2 aromatic heterocycles. The van der Waals surface area contributed by atoms with Crippen molar-refractivity contribution >= 4 is 23.5 Å². The van der Waals surface area contributed by atoms with Gasteiger partial charge in [0.15, 0.2) is 5.82 Å². The second-order valence-electron chi connectivity index (χ2n) is 11.6. The first kappa shape index (κ1) is 33.1. The predicted octanol–water partition coefficient (Wildman–Crippen LogP) is 7.06. The molecular formula is C30H37F3N6O4. The first-order valence-electron chi connectivity index (χ1n) is 13.6. The molecule has 0 aliphatic rings. The number of amides is 3. The minimum absolute atomic E-state index is 0.0589. The summed E-state index contributed by atoms with van der Waals surface area (Å²) in [6.07, 6.45) is -2.59. The Hall–Kier alpha value is -4.42. The largest absolute Gasteiger partial charge is 0.493 e. The third-order valence-corrected chi connectivity index (χ3v) is 5.92. The van der Waals surface area contributed by atoms with Gasteiger partial charge in [0, 0.05) is 29.2 Å².